The average molecular weight is 463 g/mol. The van der Waals surface area contributed by atoms with Crippen LogP contribution in [0.15, 0.2) is 48.5 Å². The van der Waals surface area contributed by atoms with Gasteiger partial charge in [0.25, 0.3) is 0 Å². The summed E-state index contributed by atoms with van der Waals surface area (Å²) in [5.41, 5.74) is 4.05. The molecule has 3 aliphatic rings. The summed E-state index contributed by atoms with van der Waals surface area (Å²) in [5.74, 6) is -1.30. The zero-order valence-electron chi connectivity index (χ0n) is 19.1. The second-order valence-corrected chi connectivity index (χ2v) is 9.81. The SMILES string of the molecule is O=C(NCC1(C(=O)NC[C@H]2CCC[C@H]2C(=O)O)CC1)OCC1c2ccccc2-c2ccccc21. The Morgan fingerprint density at radius 1 is 0.941 bits per heavy atom. The van der Waals surface area contributed by atoms with E-state index in [2.05, 4.69) is 34.9 Å². The van der Waals surface area contributed by atoms with Gasteiger partial charge in [-0.25, -0.2) is 4.79 Å². The van der Waals surface area contributed by atoms with Gasteiger partial charge in [-0.15, -0.1) is 0 Å². The van der Waals surface area contributed by atoms with Crippen molar-refractivity contribution in [1.29, 1.82) is 0 Å². The molecule has 0 aromatic heterocycles. The molecule has 3 N–H and O–H groups in total. The van der Waals surface area contributed by atoms with E-state index in [0.29, 0.717) is 25.8 Å². The largest absolute Gasteiger partial charge is 0.481 e. The summed E-state index contributed by atoms with van der Waals surface area (Å²) in [6.45, 7) is 0.836. The Hall–Kier alpha value is -3.35. The number of hydrogen-bond donors (Lipinski definition) is 3. The van der Waals surface area contributed by atoms with Gasteiger partial charge in [0.05, 0.1) is 11.3 Å². The van der Waals surface area contributed by atoms with Crippen molar-refractivity contribution in [3.05, 3.63) is 59.7 Å². The Morgan fingerprint density at radius 2 is 1.59 bits per heavy atom. The molecule has 2 aromatic rings. The van der Waals surface area contributed by atoms with Crippen molar-refractivity contribution in [3.8, 4) is 11.1 Å². The second kappa shape index (κ2) is 9.12. The lowest BCUT2D eigenvalue weighted by atomic mass is 9.95. The summed E-state index contributed by atoms with van der Waals surface area (Å²) in [4.78, 5) is 36.6. The van der Waals surface area contributed by atoms with Crippen LogP contribution < -0.4 is 10.6 Å². The molecule has 2 fully saturated rings. The zero-order valence-corrected chi connectivity index (χ0v) is 19.1. The van der Waals surface area contributed by atoms with E-state index in [0.717, 1.165) is 24.0 Å². The fourth-order valence-corrected chi connectivity index (χ4v) is 5.54. The van der Waals surface area contributed by atoms with E-state index >= 15 is 0 Å². The van der Waals surface area contributed by atoms with Gasteiger partial charge >= 0.3 is 12.1 Å². The molecule has 0 spiro atoms. The molecule has 0 saturated heterocycles. The third kappa shape index (κ3) is 4.27. The smallest absolute Gasteiger partial charge is 0.407 e. The maximum Gasteiger partial charge on any atom is 0.407 e. The van der Waals surface area contributed by atoms with Crippen molar-refractivity contribution < 1.29 is 24.2 Å². The minimum Gasteiger partial charge on any atom is -0.481 e. The maximum absolute atomic E-state index is 12.8. The highest BCUT2D eigenvalue weighted by molar-refractivity contribution is 5.86. The molecule has 2 aromatic carbocycles. The molecule has 0 radical (unpaired) electrons. The van der Waals surface area contributed by atoms with Crippen LogP contribution in [-0.2, 0) is 14.3 Å². The topological polar surface area (TPSA) is 105 Å². The molecule has 7 nitrogen and oxygen atoms in total. The number of amides is 2. The first-order chi connectivity index (χ1) is 16.5. The molecular formula is C27H30N2O5. The van der Waals surface area contributed by atoms with Crippen LogP contribution in [0.5, 0.6) is 0 Å². The van der Waals surface area contributed by atoms with Crippen molar-refractivity contribution in [2.24, 2.45) is 17.3 Å². The van der Waals surface area contributed by atoms with Gasteiger partial charge in [-0.05, 0) is 53.9 Å². The lowest BCUT2D eigenvalue weighted by Crippen LogP contribution is -2.43. The van der Waals surface area contributed by atoms with Gasteiger partial charge in [-0.3, -0.25) is 9.59 Å². The molecule has 7 heteroatoms. The number of nitrogens with one attached hydrogen (secondary N) is 2. The summed E-state index contributed by atoms with van der Waals surface area (Å²) in [7, 11) is 0. The Labute approximate surface area is 198 Å². The van der Waals surface area contributed by atoms with E-state index in [9.17, 15) is 19.5 Å². The molecule has 2 saturated carbocycles. The van der Waals surface area contributed by atoms with Crippen molar-refractivity contribution in [3.63, 3.8) is 0 Å². The van der Waals surface area contributed by atoms with E-state index in [4.69, 9.17) is 4.74 Å². The van der Waals surface area contributed by atoms with Crippen LogP contribution in [0.2, 0.25) is 0 Å². The van der Waals surface area contributed by atoms with Gasteiger partial charge in [0, 0.05) is 19.0 Å². The monoisotopic (exact) mass is 462 g/mol. The van der Waals surface area contributed by atoms with Crippen LogP contribution >= 0.6 is 0 Å². The highest BCUT2D eigenvalue weighted by atomic mass is 16.5. The first-order valence-electron chi connectivity index (χ1n) is 12.1. The Bertz CT molecular complexity index is 1060. The van der Waals surface area contributed by atoms with Crippen LogP contribution in [0, 0.1) is 17.3 Å². The quantitative estimate of drug-likeness (QED) is 0.552. The third-order valence-electron chi connectivity index (χ3n) is 7.75. The van der Waals surface area contributed by atoms with Gasteiger partial charge in [0.15, 0.2) is 0 Å². The molecule has 34 heavy (non-hydrogen) atoms. The van der Waals surface area contributed by atoms with Gasteiger partial charge in [-0.2, -0.15) is 0 Å². The predicted octanol–water partition coefficient (Wildman–Crippen LogP) is 3.92. The minimum atomic E-state index is -0.783. The van der Waals surface area contributed by atoms with Gasteiger partial charge < -0.3 is 20.5 Å². The van der Waals surface area contributed by atoms with Crippen molar-refractivity contribution in [2.75, 3.05) is 19.7 Å². The molecule has 5 rings (SSSR count). The number of carbonyl (C=O) groups excluding carboxylic acids is 2. The summed E-state index contributed by atoms with van der Waals surface area (Å²) < 4.78 is 5.58. The highest BCUT2D eigenvalue weighted by Crippen LogP contribution is 2.46. The van der Waals surface area contributed by atoms with Crippen molar-refractivity contribution in [1.82, 2.24) is 10.6 Å². The van der Waals surface area contributed by atoms with Gasteiger partial charge in [0.1, 0.15) is 6.61 Å². The highest BCUT2D eigenvalue weighted by Gasteiger charge is 2.50. The Morgan fingerprint density at radius 3 is 2.21 bits per heavy atom. The summed E-state index contributed by atoms with van der Waals surface area (Å²) >= 11 is 0. The van der Waals surface area contributed by atoms with E-state index in [1.165, 1.54) is 11.1 Å². The van der Waals surface area contributed by atoms with Gasteiger partial charge in [0.2, 0.25) is 5.91 Å². The van der Waals surface area contributed by atoms with Gasteiger partial charge in [-0.1, -0.05) is 55.0 Å². The average Bonchev–Trinajstić information content (AvgIpc) is 3.37. The summed E-state index contributed by atoms with van der Waals surface area (Å²) in [5, 5.41) is 15.0. The molecule has 178 valence electrons. The van der Waals surface area contributed by atoms with Crippen LogP contribution in [-0.4, -0.2) is 42.8 Å². The molecule has 0 bridgehead atoms. The van der Waals surface area contributed by atoms with Crippen LogP contribution in [0.1, 0.15) is 49.1 Å². The van der Waals surface area contributed by atoms with E-state index in [1.54, 1.807) is 0 Å². The molecule has 0 unspecified atom stereocenters. The number of benzene rings is 2. The fourth-order valence-electron chi connectivity index (χ4n) is 5.54. The third-order valence-corrected chi connectivity index (χ3v) is 7.75. The maximum atomic E-state index is 12.8. The molecule has 2 atom stereocenters. The second-order valence-electron chi connectivity index (χ2n) is 9.81. The molecule has 0 aliphatic heterocycles. The van der Waals surface area contributed by atoms with Crippen LogP contribution in [0.4, 0.5) is 4.79 Å². The standard InChI is InChI=1S/C27H30N2O5/c30-24(31)18-11-5-6-17(18)14-28-25(32)27(12-13-27)16-29-26(33)34-15-23-21-9-3-1-7-19(21)20-8-2-4-10-22(20)23/h1-4,7-10,17-18,23H,5-6,11-16H2,(H,28,32)(H,29,33)(H,30,31)/t17-,18-/m1/s1. The summed E-state index contributed by atoms with van der Waals surface area (Å²) in [6.07, 6.45) is 3.26. The van der Waals surface area contributed by atoms with Crippen molar-refractivity contribution >= 4 is 18.0 Å². The minimum absolute atomic E-state index is 0.00933. The number of carboxylic acid groups (broad SMARTS) is 1. The number of aliphatic carboxylic acids is 1. The lowest BCUT2D eigenvalue weighted by Gasteiger charge is -2.20. The fraction of sp³-hybridized carbons (Fsp3) is 0.444. The molecule has 3 aliphatic carbocycles. The Balaban J connectivity index is 1.12. The van der Waals surface area contributed by atoms with Crippen LogP contribution in [0.3, 0.4) is 0 Å². The van der Waals surface area contributed by atoms with Crippen molar-refractivity contribution in [2.45, 2.75) is 38.0 Å². The first kappa shape index (κ1) is 22.4. The predicted molar refractivity (Wildman–Crippen MR) is 126 cm³/mol. The zero-order chi connectivity index (χ0) is 23.7. The number of hydrogen-bond acceptors (Lipinski definition) is 4. The normalized spacial score (nSPS) is 21.9. The molecule has 0 heterocycles. The number of alkyl carbamates (subject to hydrolysis) is 1. The van der Waals surface area contributed by atoms with E-state index < -0.39 is 17.5 Å². The molecule has 2 amide bonds. The summed E-state index contributed by atoms with van der Waals surface area (Å²) in [6, 6.07) is 16.4. The van der Waals surface area contributed by atoms with E-state index in [-0.39, 0.29) is 36.8 Å². The Kier molecular flexibility index (Phi) is 6.02. The lowest BCUT2D eigenvalue weighted by molar-refractivity contribution is -0.143. The number of rotatable bonds is 8. The first-order valence-corrected chi connectivity index (χ1v) is 12.1. The number of carbonyl (C=O) groups is 3. The van der Waals surface area contributed by atoms with E-state index in [1.807, 2.05) is 24.3 Å². The number of ether oxygens (including phenoxy) is 1. The molecular weight excluding hydrogens is 432 g/mol. The number of carboxylic acids is 1. The number of fused-ring (bicyclic) bond motifs is 3. The van der Waals surface area contributed by atoms with Crippen LogP contribution in [0.25, 0.3) is 11.1 Å².